The fraction of sp³-hybridized carbons (Fsp3) is 0.208. The maximum atomic E-state index is 13.4. The van der Waals surface area contributed by atoms with Crippen molar-refractivity contribution in [3.63, 3.8) is 0 Å². The second-order valence-corrected chi connectivity index (χ2v) is 10.3. The van der Waals surface area contributed by atoms with Crippen LogP contribution in [0.4, 0.5) is 0 Å². The fourth-order valence-corrected chi connectivity index (χ4v) is 5.30. The summed E-state index contributed by atoms with van der Waals surface area (Å²) in [4.78, 5) is 41.6. The van der Waals surface area contributed by atoms with E-state index >= 15 is 0 Å². The first kappa shape index (κ1) is 24.5. The summed E-state index contributed by atoms with van der Waals surface area (Å²) in [6.07, 6.45) is 1.27. The molecule has 2 aromatic carbocycles. The number of nitrogens with zero attached hydrogens (tertiary/aromatic N) is 2. The van der Waals surface area contributed by atoms with Crippen molar-refractivity contribution in [3.05, 3.63) is 89.3 Å². The van der Waals surface area contributed by atoms with E-state index in [0.717, 1.165) is 0 Å². The number of hydrogen-bond acceptors (Lipinski definition) is 6. The number of furan rings is 1. The summed E-state index contributed by atoms with van der Waals surface area (Å²) in [6, 6.07) is 16.8. The number of benzene rings is 2. The van der Waals surface area contributed by atoms with E-state index in [0.29, 0.717) is 10.6 Å². The number of halogens is 1. The van der Waals surface area contributed by atoms with E-state index in [9.17, 15) is 22.8 Å². The molecule has 182 valence electrons. The van der Waals surface area contributed by atoms with Gasteiger partial charge in [0.15, 0.2) is 5.76 Å². The third-order valence-electron chi connectivity index (χ3n) is 5.58. The van der Waals surface area contributed by atoms with Crippen LogP contribution in [0.1, 0.15) is 20.9 Å². The van der Waals surface area contributed by atoms with Crippen molar-refractivity contribution >= 4 is 39.2 Å². The van der Waals surface area contributed by atoms with Gasteiger partial charge in [-0.2, -0.15) is 0 Å². The molecule has 35 heavy (non-hydrogen) atoms. The lowest BCUT2D eigenvalue weighted by Gasteiger charge is -2.36. The van der Waals surface area contributed by atoms with Crippen LogP contribution in [0.15, 0.2) is 82.3 Å². The number of sulfone groups is 1. The molecular formula is C24H22ClN3O6S. The molecule has 9 nitrogen and oxygen atoms in total. The Morgan fingerprint density at radius 1 is 0.857 bits per heavy atom. The summed E-state index contributed by atoms with van der Waals surface area (Å²) in [5, 5.41) is 0.968. The van der Waals surface area contributed by atoms with Gasteiger partial charge in [-0.1, -0.05) is 29.8 Å². The Morgan fingerprint density at radius 2 is 1.49 bits per heavy atom. The van der Waals surface area contributed by atoms with E-state index in [4.69, 9.17) is 16.0 Å². The van der Waals surface area contributed by atoms with Crippen LogP contribution in [-0.4, -0.2) is 67.5 Å². The standard InChI is InChI=1S/C24H22ClN3O6S/c25-18-10-8-17(9-11-18)23(30)27-12-14-28(15-13-27)24(31)22(26-21(29)20-7-4-16-34-20)35(32,33)19-5-2-1-3-6-19/h1-11,16,22H,12-15H2,(H,26,29)/t22-/m0/s1. The molecule has 4 rings (SSSR count). The molecule has 2 heterocycles. The first-order chi connectivity index (χ1) is 16.8. The Balaban J connectivity index is 1.52. The summed E-state index contributed by atoms with van der Waals surface area (Å²) in [6.45, 7) is 0.625. The predicted molar refractivity (Wildman–Crippen MR) is 128 cm³/mol. The van der Waals surface area contributed by atoms with Gasteiger partial charge in [0, 0.05) is 36.8 Å². The van der Waals surface area contributed by atoms with Crippen molar-refractivity contribution in [1.29, 1.82) is 0 Å². The van der Waals surface area contributed by atoms with E-state index in [-0.39, 0.29) is 42.7 Å². The average molecular weight is 516 g/mol. The molecule has 0 spiro atoms. The van der Waals surface area contributed by atoms with Gasteiger partial charge in [0.2, 0.25) is 15.2 Å². The highest BCUT2D eigenvalue weighted by Crippen LogP contribution is 2.19. The van der Waals surface area contributed by atoms with Crippen molar-refractivity contribution < 1.29 is 27.2 Å². The second-order valence-electron chi connectivity index (χ2n) is 7.81. The number of amides is 3. The quantitative estimate of drug-likeness (QED) is 0.539. The van der Waals surface area contributed by atoms with Crippen LogP contribution in [0, 0.1) is 0 Å². The van der Waals surface area contributed by atoms with Crippen LogP contribution < -0.4 is 5.32 Å². The maximum Gasteiger partial charge on any atom is 0.288 e. The van der Waals surface area contributed by atoms with Crippen molar-refractivity contribution in [1.82, 2.24) is 15.1 Å². The van der Waals surface area contributed by atoms with Crippen LogP contribution in [-0.2, 0) is 14.6 Å². The molecule has 1 aromatic heterocycles. The smallest absolute Gasteiger partial charge is 0.288 e. The normalized spacial score (nSPS) is 14.9. The zero-order chi connectivity index (χ0) is 25.0. The van der Waals surface area contributed by atoms with Gasteiger partial charge in [0.25, 0.3) is 17.7 Å². The summed E-state index contributed by atoms with van der Waals surface area (Å²) >= 11 is 5.88. The van der Waals surface area contributed by atoms with Crippen LogP contribution >= 0.6 is 11.6 Å². The average Bonchev–Trinajstić information content (AvgIpc) is 3.43. The first-order valence-corrected chi connectivity index (χ1v) is 12.7. The molecule has 0 aliphatic carbocycles. The SMILES string of the molecule is O=C(N[C@H](C(=O)N1CCN(C(=O)c2ccc(Cl)cc2)CC1)S(=O)(=O)c1ccccc1)c1ccco1. The van der Waals surface area contributed by atoms with E-state index < -0.39 is 27.0 Å². The Bertz CT molecular complexity index is 1300. The van der Waals surface area contributed by atoms with Crippen LogP contribution in [0.25, 0.3) is 0 Å². The minimum Gasteiger partial charge on any atom is -0.459 e. The largest absolute Gasteiger partial charge is 0.459 e. The highest BCUT2D eigenvalue weighted by Gasteiger charge is 2.40. The van der Waals surface area contributed by atoms with Crippen molar-refractivity contribution in [2.45, 2.75) is 10.3 Å². The van der Waals surface area contributed by atoms with Crippen molar-refractivity contribution in [3.8, 4) is 0 Å². The van der Waals surface area contributed by atoms with Gasteiger partial charge < -0.3 is 19.5 Å². The number of piperazine rings is 1. The molecule has 11 heteroatoms. The highest BCUT2D eigenvalue weighted by molar-refractivity contribution is 7.92. The van der Waals surface area contributed by atoms with Gasteiger partial charge in [0.1, 0.15) is 0 Å². The number of rotatable bonds is 6. The number of hydrogen-bond donors (Lipinski definition) is 1. The maximum absolute atomic E-state index is 13.4. The summed E-state index contributed by atoms with van der Waals surface area (Å²) in [5.74, 6) is -1.95. The van der Waals surface area contributed by atoms with Gasteiger partial charge in [-0.25, -0.2) is 8.42 Å². The van der Waals surface area contributed by atoms with E-state index in [1.54, 1.807) is 35.2 Å². The molecule has 1 aliphatic heterocycles. The topological polar surface area (TPSA) is 117 Å². The predicted octanol–water partition coefficient (Wildman–Crippen LogP) is 2.45. The molecule has 0 radical (unpaired) electrons. The zero-order valence-corrected chi connectivity index (χ0v) is 20.0. The molecule has 0 bridgehead atoms. The second kappa shape index (κ2) is 10.3. The van der Waals surface area contributed by atoms with Gasteiger partial charge in [0.05, 0.1) is 11.2 Å². The lowest BCUT2D eigenvalue weighted by Crippen LogP contribution is -2.57. The van der Waals surface area contributed by atoms with Crippen molar-refractivity contribution in [2.24, 2.45) is 0 Å². The summed E-state index contributed by atoms with van der Waals surface area (Å²) < 4.78 is 31.7. The molecule has 3 aromatic rings. The summed E-state index contributed by atoms with van der Waals surface area (Å²) in [7, 11) is -4.27. The molecular weight excluding hydrogens is 494 g/mol. The molecule has 3 amide bonds. The number of carbonyl (C=O) groups excluding carboxylic acids is 3. The van der Waals surface area contributed by atoms with Gasteiger partial charge in [-0.15, -0.1) is 0 Å². The van der Waals surface area contributed by atoms with Crippen LogP contribution in [0.3, 0.4) is 0 Å². The minimum atomic E-state index is -4.27. The third kappa shape index (κ3) is 5.39. The minimum absolute atomic E-state index is 0.102. The van der Waals surface area contributed by atoms with Crippen LogP contribution in [0.2, 0.25) is 5.02 Å². The Morgan fingerprint density at radius 3 is 2.09 bits per heavy atom. The number of carbonyl (C=O) groups is 3. The van der Waals surface area contributed by atoms with Crippen LogP contribution in [0.5, 0.6) is 0 Å². The molecule has 1 fully saturated rings. The monoisotopic (exact) mass is 515 g/mol. The Hall–Kier alpha value is -3.63. The first-order valence-electron chi connectivity index (χ1n) is 10.7. The lowest BCUT2D eigenvalue weighted by atomic mass is 10.2. The van der Waals surface area contributed by atoms with E-state index in [1.807, 2.05) is 0 Å². The highest BCUT2D eigenvalue weighted by atomic mass is 35.5. The molecule has 0 saturated carbocycles. The number of nitrogens with one attached hydrogen (secondary N) is 1. The molecule has 1 saturated heterocycles. The molecule has 1 atom stereocenters. The van der Waals surface area contributed by atoms with E-state index in [1.165, 1.54) is 47.6 Å². The Labute approximate surface area is 207 Å². The van der Waals surface area contributed by atoms with Gasteiger partial charge >= 0.3 is 0 Å². The zero-order valence-electron chi connectivity index (χ0n) is 18.5. The Kier molecular flexibility index (Phi) is 7.23. The molecule has 1 N–H and O–H groups in total. The summed E-state index contributed by atoms with van der Waals surface area (Å²) in [5.41, 5.74) is 0.462. The lowest BCUT2D eigenvalue weighted by molar-refractivity contribution is -0.132. The fourth-order valence-electron chi connectivity index (χ4n) is 3.69. The molecule has 1 aliphatic rings. The van der Waals surface area contributed by atoms with Gasteiger partial charge in [-0.3, -0.25) is 14.4 Å². The molecule has 0 unspecified atom stereocenters. The van der Waals surface area contributed by atoms with Crippen molar-refractivity contribution in [2.75, 3.05) is 26.2 Å². The third-order valence-corrected chi connectivity index (χ3v) is 7.70. The van der Waals surface area contributed by atoms with E-state index in [2.05, 4.69) is 5.32 Å². The van der Waals surface area contributed by atoms with Gasteiger partial charge in [-0.05, 0) is 48.5 Å².